The highest BCUT2D eigenvalue weighted by Gasteiger charge is 2.30. The molecule has 0 aliphatic rings. The van der Waals surface area contributed by atoms with E-state index in [1.165, 1.54) is 12.3 Å². The van der Waals surface area contributed by atoms with E-state index in [1.54, 1.807) is 0 Å². The van der Waals surface area contributed by atoms with Crippen LogP contribution in [0, 0.1) is 0 Å². The first-order chi connectivity index (χ1) is 4.02. The SMILES string of the molecule is CCP(CC)[Si](Br)(Br)Br. The van der Waals surface area contributed by atoms with Gasteiger partial charge < -0.3 is 0 Å². The van der Waals surface area contributed by atoms with Crippen molar-refractivity contribution in [1.82, 2.24) is 0 Å². The van der Waals surface area contributed by atoms with Crippen LogP contribution in [-0.4, -0.2) is 15.9 Å². The van der Waals surface area contributed by atoms with Crippen LogP contribution in [-0.2, 0) is 0 Å². The summed E-state index contributed by atoms with van der Waals surface area (Å²) in [6.45, 7) is 4.50. The molecule has 0 aliphatic heterocycles. The molecule has 0 nitrogen and oxygen atoms in total. The third-order valence-electron chi connectivity index (χ3n) is 1.12. The summed E-state index contributed by atoms with van der Waals surface area (Å²) in [6.07, 6.45) is 2.61. The van der Waals surface area contributed by atoms with E-state index in [-0.39, 0.29) is 7.47 Å². The van der Waals surface area contributed by atoms with Gasteiger partial charge in [0.1, 0.15) is 0 Å². The van der Waals surface area contributed by atoms with Gasteiger partial charge in [0.2, 0.25) is 0 Å². The summed E-state index contributed by atoms with van der Waals surface area (Å²) in [4.78, 5) is 0. The van der Waals surface area contributed by atoms with Crippen molar-refractivity contribution in [3.05, 3.63) is 0 Å². The summed E-state index contributed by atoms with van der Waals surface area (Å²) in [5.41, 5.74) is 0. The van der Waals surface area contributed by atoms with Crippen LogP contribution in [0.2, 0.25) is 0 Å². The van der Waals surface area contributed by atoms with E-state index in [0.29, 0.717) is 0 Å². The Kier molecular flexibility index (Phi) is 5.99. The zero-order valence-electron chi connectivity index (χ0n) is 5.50. The van der Waals surface area contributed by atoms with Gasteiger partial charge in [0.25, 0.3) is 3.60 Å². The average Bonchev–Trinajstić information content (AvgIpc) is 1.65. The maximum absolute atomic E-state index is 3.67. The van der Waals surface area contributed by atoms with Crippen molar-refractivity contribution in [3.63, 3.8) is 0 Å². The molecule has 0 unspecified atom stereocenters. The molecule has 0 bridgehead atoms. The second-order valence-electron chi connectivity index (χ2n) is 1.64. The van der Waals surface area contributed by atoms with Gasteiger partial charge in [-0.05, 0) is 12.3 Å². The van der Waals surface area contributed by atoms with Crippen molar-refractivity contribution < 1.29 is 0 Å². The van der Waals surface area contributed by atoms with Crippen molar-refractivity contribution in [1.29, 1.82) is 0 Å². The van der Waals surface area contributed by atoms with Gasteiger partial charge in [0.05, 0.1) is 0 Å². The molecule has 0 aromatic rings. The van der Waals surface area contributed by atoms with E-state index in [2.05, 4.69) is 59.7 Å². The Balaban J connectivity index is 3.79. The predicted molar refractivity (Wildman–Crippen MR) is 60.5 cm³/mol. The molecule has 0 fully saturated rings. The predicted octanol–water partition coefficient (Wildman–Crippen LogP) is 4.13. The number of hydrogen-bond acceptors (Lipinski definition) is 0. The van der Waals surface area contributed by atoms with Crippen molar-refractivity contribution in [2.45, 2.75) is 13.8 Å². The molecule has 56 valence electrons. The molecule has 0 amide bonds. The summed E-state index contributed by atoms with van der Waals surface area (Å²) < 4.78 is -1.28. The molecular formula is C4H10Br3PSi. The van der Waals surface area contributed by atoms with Gasteiger partial charge in [-0.25, -0.2) is 0 Å². The largest absolute Gasteiger partial charge is 0.291 e. The fourth-order valence-electron chi connectivity index (χ4n) is 0.582. The molecule has 0 spiro atoms. The molecule has 0 radical (unpaired) electrons. The Morgan fingerprint density at radius 3 is 1.44 bits per heavy atom. The van der Waals surface area contributed by atoms with E-state index in [1.807, 2.05) is 0 Å². The van der Waals surface area contributed by atoms with Gasteiger partial charge >= 0.3 is 0 Å². The maximum Gasteiger partial charge on any atom is 0.291 e. The molecule has 0 aliphatic carbocycles. The maximum atomic E-state index is 3.67. The van der Waals surface area contributed by atoms with Crippen molar-refractivity contribution in [2.24, 2.45) is 0 Å². The van der Waals surface area contributed by atoms with E-state index in [0.717, 1.165) is 0 Å². The molecule has 0 atom stereocenters. The fourth-order valence-corrected chi connectivity index (χ4v) is 17.4. The number of halogens is 3. The smallest absolute Gasteiger partial charge is 0.0911 e. The standard InChI is InChI=1S/C4H10Br3PSi/c1-3-8(4-2)9(5,6)7/h3-4H2,1-2H3. The molecule has 0 aromatic carbocycles. The van der Waals surface area contributed by atoms with Gasteiger partial charge in [-0.2, -0.15) is 0 Å². The number of hydrogen-bond donors (Lipinski definition) is 0. The second kappa shape index (κ2) is 4.86. The van der Waals surface area contributed by atoms with E-state index < -0.39 is 3.60 Å². The molecule has 0 saturated heterocycles. The van der Waals surface area contributed by atoms with Crippen LogP contribution >= 0.6 is 53.3 Å². The van der Waals surface area contributed by atoms with E-state index >= 15 is 0 Å². The van der Waals surface area contributed by atoms with Gasteiger partial charge in [0, 0.05) is 0 Å². The molecule has 0 N–H and O–H groups in total. The molecule has 0 saturated carbocycles. The van der Waals surface area contributed by atoms with Crippen LogP contribution < -0.4 is 0 Å². The summed E-state index contributed by atoms with van der Waals surface area (Å²) in [7, 11) is 0.192. The minimum atomic E-state index is -1.28. The minimum absolute atomic E-state index is 0.192. The molecule has 5 heteroatoms. The highest BCUT2D eigenvalue weighted by Crippen LogP contribution is 2.56. The zero-order valence-corrected chi connectivity index (χ0v) is 12.1. The van der Waals surface area contributed by atoms with E-state index in [9.17, 15) is 0 Å². The molecule has 0 heterocycles. The Labute approximate surface area is 82.5 Å². The number of rotatable bonds is 3. The molecule has 0 rings (SSSR count). The first-order valence-electron chi connectivity index (χ1n) is 2.84. The summed E-state index contributed by atoms with van der Waals surface area (Å²) in [6, 6.07) is 0. The summed E-state index contributed by atoms with van der Waals surface area (Å²) in [5, 5.41) is 0. The third kappa shape index (κ3) is 4.52. The quantitative estimate of drug-likeness (QED) is 0.405. The normalized spacial score (nSPS) is 12.7. The van der Waals surface area contributed by atoms with Crippen LogP contribution in [0.25, 0.3) is 0 Å². The summed E-state index contributed by atoms with van der Waals surface area (Å²) >= 11 is 11.0. The Morgan fingerprint density at radius 1 is 1.11 bits per heavy atom. The van der Waals surface area contributed by atoms with Crippen LogP contribution in [0.3, 0.4) is 0 Å². The lowest BCUT2D eigenvalue weighted by atomic mass is 11.0. The third-order valence-corrected chi connectivity index (χ3v) is 21.0. The van der Waals surface area contributed by atoms with Gasteiger partial charge in [-0.1, -0.05) is 67.2 Å². The Bertz CT molecular complexity index is 78.4. The lowest BCUT2D eigenvalue weighted by Crippen LogP contribution is -2.07. The Hall–Kier alpha value is 2.09. The van der Waals surface area contributed by atoms with Crippen molar-refractivity contribution in [3.8, 4) is 0 Å². The highest BCUT2D eigenvalue weighted by molar-refractivity contribution is 9.76. The van der Waals surface area contributed by atoms with Gasteiger partial charge in [-0.15, -0.1) is 0 Å². The van der Waals surface area contributed by atoms with Gasteiger partial charge in [-0.3, -0.25) is 0 Å². The average molecular weight is 357 g/mol. The molecule has 9 heavy (non-hydrogen) atoms. The van der Waals surface area contributed by atoms with Crippen molar-refractivity contribution in [2.75, 3.05) is 12.3 Å². The fraction of sp³-hybridized carbons (Fsp3) is 1.00. The summed E-state index contributed by atoms with van der Waals surface area (Å²) in [5.74, 6) is 0. The van der Waals surface area contributed by atoms with Crippen LogP contribution in [0.5, 0.6) is 0 Å². The second-order valence-corrected chi connectivity index (χ2v) is 34.6. The van der Waals surface area contributed by atoms with E-state index in [4.69, 9.17) is 0 Å². The van der Waals surface area contributed by atoms with Crippen LogP contribution in [0.15, 0.2) is 0 Å². The minimum Gasteiger partial charge on any atom is -0.0911 e. The topological polar surface area (TPSA) is 0 Å². The van der Waals surface area contributed by atoms with Crippen LogP contribution in [0.4, 0.5) is 0 Å². The monoisotopic (exact) mass is 354 g/mol. The molecule has 0 aromatic heterocycles. The van der Waals surface area contributed by atoms with Gasteiger partial charge in [0.15, 0.2) is 0 Å². The first-order valence-corrected chi connectivity index (χ1v) is 14.2. The highest BCUT2D eigenvalue weighted by atomic mass is 80.0. The van der Waals surface area contributed by atoms with Crippen molar-refractivity contribution >= 4 is 56.9 Å². The Morgan fingerprint density at radius 2 is 1.44 bits per heavy atom. The lowest BCUT2D eigenvalue weighted by molar-refractivity contribution is 1.43. The lowest BCUT2D eigenvalue weighted by Gasteiger charge is -2.20. The first kappa shape index (κ1) is 11.1. The zero-order chi connectivity index (χ0) is 7.49. The van der Waals surface area contributed by atoms with Crippen LogP contribution in [0.1, 0.15) is 13.8 Å². The molecular weight excluding hydrogens is 347 g/mol.